The van der Waals surface area contributed by atoms with Crippen molar-refractivity contribution < 1.29 is 13.2 Å². The lowest BCUT2D eigenvalue weighted by Crippen LogP contribution is -2.10. The number of halogens is 3. The number of hydrogen-bond donors (Lipinski definition) is 0. The summed E-state index contributed by atoms with van der Waals surface area (Å²) in [6.45, 7) is 4.16. The highest BCUT2D eigenvalue weighted by molar-refractivity contribution is 5.88. The SMILES string of the molecule is CC(C)Cc1ccc(C(F)(F)F)c(-c2ccccc2)c1-c1ccccc1. The van der Waals surface area contributed by atoms with Gasteiger partial charge in [0.2, 0.25) is 0 Å². The highest BCUT2D eigenvalue weighted by Crippen LogP contribution is 2.44. The van der Waals surface area contributed by atoms with Crippen LogP contribution in [0.4, 0.5) is 13.2 Å². The first kappa shape index (κ1) is 18.2. The molecule has 0 nitrogen and oxygen atoms in total. The fourth-order valence-electron chi connectivity index (χ4n) is 3.33. The largest absolute Gasteiger partial charge is 0.417 e. The smallest absolute Gasteiger partial charge is 0.166 e. The van der Waals surface area contributed by atoms with E-state index in [1.165, 1.54) is 6.07 Å². The lowest BCUT2D eigenvalue weighted by atomic mass is 9.84. The van der Waals surface area contributed by atoms with E-state index in [-0.39, 0.29) is 5.56 Å². The maximum absolute atomic E-state index is 13.8. The summed E-state index contributed by atoms with van der Waals surface area (Å²) in [5.41, 5.74) is 2.70. The molecule has 134 valence electrons. The lowest BCUT2D eigenvalue weighted by molar-refractivity contribution is -0.137. The van der Waals surface area contributed by atoms with E-state index in [4.69, 9.17) is 0 Å². The highest BCUT2D eigenvalue weighted by atomic mass is 19.4. The van der Waals surface area contributed by atoms with Crippen LogP contribution < -0.4 is 0 Å². The van der Waals surface area contributed by atoms with Crippen molar-refractivity contribution in [2.45, 2.75) is 26.4 Å². The van der Waals surface area contributed by atoms with Gasteiger partial charge in [0.05, 0.1) is 5.56 Å². The average molecular weight is 354 g/mol. The van der Waals surface area contributed by atoms with Gasteiger partial charge < -0.3 is 0 Å². The van der Waals surface area contributed by atoms with Gasteiger partial charge in [-0.1, -0.05) is 80.6 Å². The van der Waals surface area contributed by atoms with Gasteiger partial charge in [0.1, 0.15) is 0 Å². The molecule has 0 heterocycles. The van der Waals surface area contributed by atoms with Crippen LogP contribution in [-0.4, -0.2) is 0 Å². The third-order valence-electron chi connectivity index (χ3n) is 4.35. The Morgan fingerprint density at radius 3 is 1.65 bits per heavy atom. The summed E-state index contributed by atoms with van der Waals surface area (Å²) < 4.78 is 41.5. The minimum Gasteiger partial charge on any atom is -0.166 e. The van der Waals surface area contributed by atoms with Crippen LogP contribution in [0.3, 0.4) is 0 Å². The van der Waals surface area contributed by atoms with Crippen LogP contribution in [0.15, 0.2) is 72.8 Å². The first-order valence-corrected chi connectivity index (χ1v) is 8.72. The van der Waals surface area contributed by atoms with Crippen molar-refractivity contribution in [2.75, 3.05) is 0 Å². The number of alkyl halides is 3. The second kappa shape index (κ2) is 7.36. The molecule has 0 amide bonds. The van der Waals surface area contributed by atoms with Crippen LogP contribution in [0.25, 0.3) is 22.3 Å². The van der Waals surface area contributed by atoms with Crippen molar-refractivity contribution in [3.8, 4) is 22.3 Å². The average Bonchev–Trinajstić information content (AvgIpc) is 2.61. The Balaban J connectivity index is 2.39. The summed E-state index contributed by atoms with van der Waals surface area (Å²) in [4.78, 5) is 0. The Labute approximate surface area is 152 Å². The maximum Gasteiger partial charge on any atom is 0.417 e. The molecule has 0 saturated heterocycles. The highest BCUT2D eigenvalue weighted by Gasteiger charge is 2.35. The minimum absolute atomic E-state index is 0.266. The van der Waals surface area contributed by atoms with Gasteiger partial charge in [-0.3, -0.25) is 0 Å². The van der Waals surface area contributed by atoms with E-state index in [1.807, 2.05) is 36.4 Å². The second-order valence-electron chi connectivity index (χ2n) is 6.85. The first-order chi connectivity index (χ1) is 12.4. The Bertz CT molecular complexity index is 863. The van der Waals surface area contributed by atoms with Gasteiger partial charge in [0, 0.05) is 5.56 Å². The van der Waals surface area contributed by atoms with Gasteiger partial charge in [-0.25, -0.2) is 0 Å². The van der Waals surface area contributed by atoms with E-state index in [1.54, 1.807) is 30.3 Å². The Hall–Kier alpha value is -2.55. The summed E-state index contributed by atoms with van der Waals surface area (Å²) >= 11 is 0. The molecule has 3 aromatic carbocycles. The third kappa shape index (κ3) is 3.82. The van der Waals surface area contributed by atoms with E-state index in [9.17, 15) is 13.2 Å². The summed E-state index contributed by atoms with van der Waals surface area (Å²) in [5.74, 6) is 0.345. The van der Waals surface area contributed by atoms with Gasteiger partial charge in [-0.05, 0) is 40.7 Å². The van der Waals surface area contributed by atoms with Crippen LogP contribution in [0.2, 0.25) is 0 Å². The molecule has 0 aliphatic heterocycles. The maximum atomic E-state index is 13.8. The predicted molar refractivity (Wildman–Crippen MR) is 101 cm³/mol. The molecule has 3 aromatic rings. The van der Waals surface area contributed by atoms with Gasteiger partial charge >= 0.3 is 6.18 Å². The number of rotatable bonds is 4. The van der Waals surface area contributed by atoms with Crippen LogP contribution in [0.5, 0.6) is 0 Å². The molecule has 3 heteroatoms. The third-order valence-corrected chi connectivity index (χ3v) is 4.35. The summed E-state index contributed by atoms with van der Waals surface area (Å²) in [6.07, 6.45) is -3.69. The quantitative estimate of drug-likeness (QED) is 0.463. The normalized spacial score (nSPS) is 11.8. The molecule has 0 fully saturated rings. The molecule has 0 unspecified atom stereocenters. The lowest BCUT2D eigenvalue weighted by Gasteiger charge is -2.22. The summed E-state index contributed by atoms with van der Waals surface area (Å²) in [5, 5.41) is 0. The Kier molecular flexibility index (Phi) is 5.17. The Morgan fingerprint density at radius 2 is 1.19 bits per heavy atom. The van der Waals surface area contributed by atoms with Crippen molar-refractivity contribution >= 4 is 0 Å². The fraction of sp³-hybridized carbons (Fsp3) is 0.217. The van der Waals surface area contributed by atoms with Crippen LogP contribution in [0, 0.1) is 5.92 Å². The van der Waals surface area contributed by atoms with E-state index >= 15 is 0 Å². The van der Waals surface area contributed by atoms with Crippen LogP contribution >= 0.6 is 0 Å². The second-order valence-corrected chi connectivity index (χ2v) is 6.85. The topological polar surface area (TPSA) is 0 Å². The molecule has 0 bridgehead atoms. The molecule has 0 atom stereocenters. The van der Waals surface area contributed by atoms with Gasteiger partial charge in [0.15, 0.2) is 0 Å². The molecule has 0 radical (unpaired) electrons. The van der Waals surface area contributed by atoms with Crippen molar-refractivity contribution in [3.63, 3.8) is 0 Å². The first-order valence-electron chi connectivity index (χ1n) is 8.72. The predicted octanol–water partition coefficient (Wildman–Crippen LogP) is 7.24. The molecule has 0 aliphatic rings. The molecular formula is C23H21F3. The van der Waals surface area contributed by atoms with Crippen molar-refractivity contribution in [1.29, 1.82) is 0 Å². The fourth-order valence-corrected chi connectivity index (χ4v) is 3.33. The molecule has 0 aromatic heterocycles. The molecule has 3 rings (SSSR count). The van der Waals surface area contributed by atoms with Gasteiger partial charge in [-0.15, -0.1) is 0 Å². The molecule has 0 spiro atoms. The van der Waals surface area contributed by atoms with Crippen LogP contribution in [0.1, 0.15) is 25.0 Å². The Morgan fingerprint density at radius 1 is 0.692 bits per heavy atom. The van der Waals surface area contributed by atoms with E-state index in [0.29, 0.717) is 17.0 Å². The standard InChI is InChI=1S/C23H21F3/c1-16(2)15-19-13-14-20(23(24,25)26)22(18-11-7-4-8-12-18)21(19)17-9-5-3-6-10-17/h3-14,16H,15H2,1-2H3. The number of hydrogen-bond acceptors (Lipinski definition) is 0. The summed E-state index contributed by atoms with van der Waals surface area (Å²) in [7, 11) is 0. The number of benzene rings is 3. The molecule has 26 heavy (non-hydrogen) atoms. The molecule has 0 N–H and O–H groups in total. The van der Waals surface area contributed by atoms with Crippen molar-refractivity contribution in [3.05, 3.63) is 83.9 Å². The van der Waals surface area contributed by atoms with E-state index < -0.39 is 11.7 Å². The zero-order valence-corrected chi connectivity index (χ0v) is 14.8. The molecule has 0 saturated carbocycles. The van der Waals surface area contributed by atoms with E-state index in [2.05, 4.69) is 13.8 Å². The zero-order chi connectivity index (χ0) is 18.7. The zero-order valence-electron chi connectivity index (χ0n) is 14.8. The van der Waals surface area contributed by atoms with Gasteiger partial charge in [-0.2, -0.15) is 13.2 Å². The van der Waals surface area contributed by atoms with Crippen LogP contribution in [-0.2, 0) is 12.6 Å². The monoisotopic (exact) mass is 354 g/mol. The van der Waals surface area contributed by atoms with Gasteiger partial charge in [0.25, 0.3) is 0 Å². The molecule has 0 aliphatic carbocycles. The minimum atomic E-state index is -4.41. The van der Waals surface area contributed by atoms with E-state index in [0.717, 1.165) is 17.5 Å². The van der Waals surface area contributed by atoms with Crippen molar-refractivity contribution in [2.24, 2.45) is 5.92 Å². The van der Waals surface area contributed by atoms with Crippen molar-refractivity contribution in [1.82, 2.24) is 0 Å². The summed E-state index contributed by atoms with van der Waals surface area (Å²) in [6, 6.07) is 21.1. The molecular weight excluding hydrogens is 333 g/mol.